The second kappa shape index (κ2) is 10.9. The number of methoxy groups -OCH3 is 1. The first-order valence-corrected chi connectivity index (χ1v) is 11.0. The average molecular weight is 485 g/mol. The molecular formula is C24H21BrO4S. The maximum Gasteiger partial charge on any atom is 0.341 e. The third-order valence-electron chi connectivity index (χ3n) is 4.26. The van der Waals surface area contributed by atoms with Crippen molar-refractivity contribution in [2.75, 3.05) is 19.5 Å². The minimum Gasteiger partial charge on any atom is -0.497 e. The number of halogens is 1. The van der Waals surface area contributed by atoms with Crippen LogP contribution in [0.5, 0.6) is 11.5 Å². The zero-order chi connectivity index (χ0) is 21.3. The predicted octanol–water partition coefficient (Wildman–Crippen LogP) is 6.15. The van der Waals surface area contributed by atoms with Crippen LogP contribution in [0.2, 0.25) is 0 Å². The van der Waals surface area contributed by atoms with Crippen LogP contribution < -0.4 is 9.47 Å². The highest BCUT2D eigenvalue weighted by molar-refractivity contribution is 9.10. The molecule has 3 aromatic rings. The summed E-state index contributed by atoms with van der Waals surface area (Å²) in [6.07, 6.45) is 2.21. The van der Waals surface area contributed by atoms with Crippen molar-refractivity contribution in [3.63, 3.8) is 0 Å². The number of carbonyl (C=O) groups is 1. The van der Waals surface area contributed by atoms with Crippen molar-refractivity contribution in [3.8, 4) is 11.5 Å². The van der Waals surface area contributed by atoms with E-state index in [1.807, 2.05) is 48.5 Å². The molecule has 4 nitrogen and oxygen atoms in total. The third kappa shape index (κ3) is 6.15. The normalized spacial score (nSPS) is 11.2. The first kappa shape index (κ1) is 22.0. The van der Waals surface area contributed by atoms with E-state index in [-0.39, 0.29) is 6.61 Å². The average Bonchev–Trinajstić information content (AvgIpc) is 2.76. The van der Waals surface area contributed by atoms with Gasteiger partial charge in [0, 0.05) is 10.6 Å². The SMILES string of the molecule is COc1cccc(/C(=C\CSc2ccc(OCC(=O)O)c(Br)c2)c2ccccc2)c1. The van der Waals surface area contributed by atoms with Gasteiger partial charge >= 0.3 is 5.97 Å². The number of ether oxygens (including phenoxy) is 2. The Morgan fingerprint density at radius 2 is 1.80 bits per heavy atom. The lowest BCUT2D eigenvalue weighted by Gasteiger charge is -2.11. The summed E-state index contributed by atoms with van der Waals surface area (Å²) in [4.78, 5) is 11.7. The van der Waals surface area contributed by atoms with Crippen LogP contribution in [0, 0.1) is 0 Å². The highest BCUT2D eigenvalue weighted by Gasteiger charge is 2.08. The van der Waals surface area contributed by atoms with Gasteiger partial charge in [0.05, 0.1) is 11.6 Å². The van der Waals surface area contributed by atoms with Crippen LogP contribution in [0.15, 0.2) is 88.2 Å². The van der Waals surface area contributed by atoms with Gasteiger partial charge in [-0.2, -0.15) is 0 Å². The van der Waals surface area contributed by atoms with Crippen molar-refractivity contribution >= 4 is 39.2 Å². The lowest BCUT2D eigenvalue weighted by atomic mass is 9.98. The molecule has 154 valence electrons. The molecule has 0 aliphatic carbocycles. The van der Waals surface area contributed by atoms with Gasteiger partial charge in [-0.1, -0.05) is 48.5 Å². The summed E-state index contributed by atoms with van der Waals surface area (Å²) < 4.78 is 11.4. The van der Waals surface area contributed by atoms with Gasteiger partial charge in [0.15, 0.2) is 6.61 Å². The van der Waals surface area contributed by atoms with E-state index in [0.29, 0.717) is 5.75 Å². The Labute approximate surface area is 188 Å². The fourth-order valence-electron chi connectivity index (χ4n) is 2.86. The summed E-state index contributed by atoms with van der Waals surface area (Å²) in [7, 11) is 1.67. The molecule has 0 atom stereocenters. The molecule has 30 heavy (non-hydrogen) atoms. The van der Waals surface area contributed by atoms with Crippen LogP contribution in [-0.2, 0) is 4.79 Å². The summed E-state index contributed by atoms with van der Waals surface area (Å²) in [5, 5.41) is 8.75. The minimum atomic E-state index is -1.00. The molecule has 0 heterocycles. The number of benzene rings is 3. The summed E-state index contributed by atoms with van der Waals surface area (Å²) >= 11 is 5.13. The van der Waals surface area contributed by atoms with Gasteiger partial charge in [0.25, 0.3) is 0 Å². The molecule has 0 fully saturated rings. The number of thioether (sulfide) groups is 1. The molecule has 0 amide bonds. The highest BCUT2D eigenvalue weighted by atomic mass is 79.9. The van der Waals surface area contributed by atoms with E-state index in [1.54, 1.807) is 24.9 Å². The molecule has 0 aromatic heterocycles. The summed E-state index contributed by atoms with van der Waals surface area (Å²) in [5.74, 6) is 1.10. The number of carboxylic acids is 1. The topological polar surface area (TPSA) is 55.8 Å². The molecule has 0 bridgehead atoms. The molecule has 1 N–H and O–H groups in total. The Kier molecular flexibility index (Phi) is 7.99. The van der Waals surface area contributed by atoms with Crippen LogP contribution in [0.1, 0.15) is 11.1 Å². The molecule has 6 heteroatoms. The van der Waals surface area contributed by atoms with E-state index in [0.717, 1.165) is 37.6 Å². The van der Waals surface area contributed by atoms with Gasteiger partial charge in [-0.15, -0.1) is 11.8 Å². The van der Waals surface area contributed by atoms with Gasteiger partial charge in [-0.25, -0.2) is 4.79 Å². The van der Waals surface area contributed by atoms with Crippen LogP contribution in [0.25, 0.3) is 5.57 Å². The van der Waals surface area contributed by atoms with Crippen molar-refractivity contribution in [2.24, 2.45) is 0 Å². The smallest absolute Gasteiger partial charge is 0.341 e. The number of hydrogen-bond donors (Lipinski definition) is 1. The fraction of sp³-hybridized carbons (Fsp3) is 0.125. The number of aliphatic carboxylic acids is 1. The Morgan fingerprint density at radius 3 is 2.50 bits per heavy atom. The van der Waals surface area contributed by atoms with E-state index in [4.69, 9.17) is 14.6 Å². The number of carboxylic acid groups (broad SMARTS) is 1. The predicted molar refractivity (Wildman–Crippen MR) is 125 cm³/mol. The second-order valence-electron chi connectivity index (χ2n) is 6.30. The molecule has 0 saturated carbocycles. The van der Waals surface area contributed by atoms with E-state index >= 15 is 0 Å². The van der Waals surface area contributed by atoms with Crippen molar-refractivity contribution in [1.82, 2.24) is 0 Å². The molecule has 0 unspecified atom stereocenters. The van der Waals surface area contributed by atoms with Gasteiger partial charge in [0.1, 0.15) is 11.5 Å². The largest absolute Gasteiger partial charge is 0.497 e. The molecule has 3 rings (SSSR count). The second-order valence-corrected chi connectivity index (χ2v) is 8.25. The van der Waals surface area contributed by atoms with Crippen molar-refractivity contribution < 1.29 is 19.4 Å². The maximum absolute atomic E-state index is 10.7. The molecule has 0 aliphatic rings. The zero-order valence-electron chi connectivity index (χ0n) is 16.4. The van der Waals surface area contributed by atoms with Gasteiger partial charge in [0.2, 0.25) is 0 Å². The zero-order valence-corrected chi connectivity index (χ0v) is 18.8. The lowest BCUT2D eigenvalue weighted by Crippen LogP contribution is -2.09. The van der Waals surface area contributed by atoms with Crippen LogP contribution in [-0.4, -0.2) is 30.5 Å². The molecule has 3 aromatic carbocycles. The first-order chi connectivity index (χ1) is 14.6. The van der Waals surface area contributed by atoms with Gasteiger partial charge < -0.3 is 14.6 Å². The highest BCUT2D eigenvalue weighted by Crippen LogP contribution is 2.32. The van der Waals surface area contributed by atoms with E-state index in [1.165, 1.54) is 0 Å². The quantitative estimate of drug-likeness (QED) is 0.369. The number of hydrogen-bond acceptors (Lipinski definition) is 4. The first-order valence-electron chi connectivity index (χ1n) is 9.24. The third-order valence-corrected chi connectivity index (χ3v) is 5.80. The standard InChI is InChI=1S/C24H21BrO4S/c1-28-19-9-5-8-18(14-19)21(17-6-3-2-4-7-17)12-13-30-20-10-11-23(22(25)15-20)29-16-24(26)27/h2-12,14-15H,13,16H2,1H3,(H,26,27)/b21-12-. The summed E-state index contributed by atoms with van der Waals surface area (Å²) in [6.45, 7) is -0.366. The maximum atomic E-state index is 10.7. The van der Waals surface area contributed by atoms with Crippen molar-refractivity contribution in [1.29, 1.82) is 0 Å². The monoisotopic (exact) mass is 484 g/mol. The fourth-order valence-corrected chi connectivity index (χ4v) is 4.31. The van der Waals surface area contributed by atoms with Gasteiger partial charge in [-0.05, 0) is 63.0 Å². The molecule has 0 spiro atoms. The number of rotatable bonds is 9. The van der Waals surface area contributed by atoms with E-state index < -0.39 is 5.97 Å². The van der Waals surface area contributed by atoms with Gasteiger partial charge in [-0.3, -0.25) is 0 Å². The minimum absolute atomic E-state index is 0.366. The Balaban J connectivity index is 1.78. The van der Waals surface area contributed by atoms with E-state index in [2.05, 4.69) is 40.2 Å². The van der Waals surface area contributed by atoms with Crippen LogP contribution in [0.4, 0.5) is 0 Å². The molecule has 0 radical (unpaired) electrons. The van der Waals surface area contributed by atoms with Crippen molar-refractivity contribution in [2.45, 2.75) is 4.90 Å². The summed E-state index contributed by atoms with van der Waals surface area (Å²) in [6, 6.07) is 23.9. The van der Waals surface area contributed by atoms with Crippen LogP contribution >= 0.6 is 27.7 Å². The van der Waals surface area contributed by atoms with Crippen LogP contribution in [0.3, 0.4) is 0 Å². The van der Waals surface area contributed by atoms with E-state index in [9.17, 15) is 4.79 Å². The molecular weight excluding hydrogens is 464 g/mol. The Hall–Kier alpha value is -2.70. The summed E-state index contributed by atoms with van der Waals surface area (Å²) in [5.41, 5.74) is 3.38. The van der Waals surface area contributed by atoms with Crippen molar-refractivity contribution in [3.05, 3.63) is 94.5 Å². The Morgan fingerprint density at radius 1 is 1.03 bits per heavy atom. The Bertz CT molecular complexity index is 1030. The lowest BCUT2D eigenvalue weighted by molar-refractivity contribution is -0.139. The molecule has 0 saturated heterocycles. The molecule has 0 aliphatic heterocycles.